The topological polar surface area (TPSA) is 12.0 Å². The van der Waals surface area contributed by atoms with Crippen molar-refractivity contribution in [3.05, 3.63) is 41.0 Å². The first-order valence-corrected chi connectivity index (χ1v) is 4.61. The fourth-order valence-electron chi connectivity index (χ4n) is 1.28. The van der Waals surface area contributed by atoms with E-state index in [4.69, 9.17) is 0 Å². The summed E-state index contributed by atoms with van der Waals surface area (Å²) in [5.41, 5.74) is 3.94. The summed E-state index contributed by atoms with van der Waals surface area (Å²) in [5.74, 6) is 0. The Kier molecular flexibility index (Phi) is 3.71. The summed E-state index contributed by atoms with van der Waals surface area (Å²) in [4.78, 5) is 0. The number of rotatable bonds is 3. The van der Waals surface area contributed by atoms with Crippen molar-refractivity contribution in [1.82, 2.24) is 5.32 Å². The Labute approximate surface area is 80.5 Å². The Bertz CT molecular complexity index is 282. The van der Waals surface area contributed by atoms with E-state index in [1.165, 1.54) is 16.7 Å². The maximum Gasteiger partial charge on any atom is 0.0162 e. The summed E-state index contributed by atoms with van der Waals surface area (Å²) >= 11 is 0. The van der Waals surface area contributed by atoms with Gasteiger partial charge in [0.1, 0.15) is 0 Å². The molecule has 0 atom stereocenters. The van der Waals surface area contributed by atoms with Crippen LogP contribution in [0.15, 0.2) is 29.8 Å². The molecule has 1 aromatic rings. The van der Waals surface area contributed by atoms with Crippen LogP contribution in [-0.2, 0) is 0 Å². The van der Waals surface area contributed by atoms with Crippen LogP contribution in [0, 0.1) is 6.92 Å². The van der Waals surface area contributed by atoms with Crippen LogP contribution in [0.2, 0.25) is 0 Å². The number of nitrogens with one attached hydrogen (secondary N) is 1. The summed E-state index contributed by atoms with van der Waals surface area (Å²) in [6, 6.07) is 8.57. The van der Waals surface area contributed by atoms with Crippen LogP contribution in [0.4, 0.5) is 0 Å². The van der Waals surface area contributed by atoms with E-state index in [1.54, 1.807) is 0 Å². The van der Waals surface area contributed by atoms with Gasteiger partial charge in [-0.1, -0.05) is 41.5 Å². The molecule has 0 aliphatic carbocycles. The molecule has 0 saturated carbocycles. The van der Waals surface area contributed by atoms with E-state index in [9.17, 15) is 0 Å². The first-order chi connectivity index (χ1) is 6.22. The highest BCUT2D eigenvalue weighted by molar-refractivity contribution is 5.52. The zero-order chi connectivity index (χ0) is 9.68. The zero-order valence-electron chi connectivity index (χ0n) is 8.59. The van der Waals surface area contributed by atoms with Crippen molar-refractivity contribution >= 4 is 6.08 Å². The largest absolute Gasteiger partial charge is 0.316 e. The Hall–Kier alpha value is -1.08. The van der Waals surface area contributed by atoms with E-state index in [0.29, 0.717) is 0 Å². The number of benzene rings is 1. The highest BCUT2D eigenvalue weighted by Gasteiger charge is 1.89. The van der Waals surface area contributed by atoms with Crippen molar-refractivity contribution in [3.8, 4) is 0 Å². The van der Waals surface area contributed by atoms with E-state index < -0.39 is 0 Å². The maximum absolute atomic E-state index is 3.13. The average Bonchev–Trinajstić information content (AvgIpc) is 2.09. The Morgan fingerprint density at radius 3 is 2.46 bits per heavy atom. The van der Waals surface area contributed by atoms with E-state index in [2.05, 4.69) is 49.5 Å². The summed E-state index contributed by atoms with van der Waals surface area (Å²) in [7, 11) is 1.96. The number of hydrogen-bond acceptors (Lipinski definition) is 1. The third kappa shape index (κ3) is 3.43. The summed E-state index contributed by atoms with van der Waals surface area (Å²) in [5, 5.41) is 3.13. The fourth-order valence-corrected chi connectivity index (χ4v) is 1.28. The van der Waals surface area contributed by atoms with Gasteiger partial charge in [0, 0.05) is 6.54 Å². The molecule has 0 bridgehead atoms. The van der Waals surface area contributed by atoms with Crippen LogP contribution < -0.4 is 5.32 Å². The summed E-state index contributed by atoms with van der Waals surface area (Å²) in [6.45, 7) is 5.19. The smallest absolute Gasteiger partial charge is 0.0162 e. The molecule has 0 aliphatic heterocycles. The normalized spacial score (nSPS) is 11.8. The van der Waals surface area contributed by atoms with Gasteiger partial charge in [-0.05, 0) is 26.5 Å². The van der Waals surface area contributed by atoms with Crippen LogP contribution in [0.25, 0.3) is 6.08 Å². The van der Waals surface area contributed by atoms with Crippen molar-refractivity contribution < 1.29 is 0 Å². The average molecular weight is 175 g/mol. The molecule has 1 nitrogen and oxygen atoms in total. The fraction of sp³-hybridized carbons (Fsp3) is 0.333. The van der Waals surface area contributed by atoms with Gasteiger partial charge in [-0.25, -0.2) is 0 Å². The predicted octanol–water partition coefficient (Wildman–Crippen LogP) is 2.62. The number of hydrogen-bond donors (Lipinski definition) is 1. The Balaban J connectivity index is 2.73. The van der Waals surface area contributed by atoms with Crippen molar-refractivity contribution in [2.75, 3.05) is 13.6 Å². The minimum absolute atomic E-state index is 0.952. The summed E-state index contributed by atoms with van der Waals surface area (Å²) < 4.78 is 0. The lowest BCUT2D eigenvalue weighted by Gasteiger charge is -2.00. The van der Waals surface area contributed by atoms with Crippen LogP contribution in [0.5, 0.6) is 0 Å². The standard InChI is InChI=1S/C12H17N/c1-10-4-6-12(7-5-10)8-11(2)9-13-3/h4-8,13H,9H2,1-3H3. The van der Waals surface area contributed by atoms with Gasteiger partial charge in [-0.2, -0.15) is 0 Å². The molecule has 70 valence electrons. The molecular formula is C12H17N. The van der Waals surface area contributed by atoms with Gasteiger partial charge in [0.2, 0.25) is 0 Å². The second-order valence-corrected chi connectivity index (χ2v) is 3.43. The molecule has 13 heavy (non-hydrogen) atoms. The second kappa shape index (κ2) is 4.83. The third-order valence-electron chi connectivity index (χ3n) is 1.95. The van der Waals surface area contributed by atoms with Crippen LogP contribution >= 0.6 is 0 Å². The molecule has 0 unspecified atom stereocenters. The van der Waals surface area contributed by atoms with Crippen molar-refractivity contribution in [1.29, 1.82) is 0 Å². The van der Waals surface area contributed by atoms with Gasteiger partial charge in [-0.15, -0.1) is 0 Å². The molecule has 0 aromatic heterocycles. The van der Waals surface area contributed by atoms with E-state index in [0.717, 1.165) is 6.54 Å². The molecule has 1 heteroatoms. The van der Waals surface area contributed by atoms with Crippen LogP contribution in [0.3, 0.4) is 0 Å². The molecule has 0 amide bonds. The van der Waals surface area contributed by atoms with E-state index in [1.807, 2.05) is 7.05 Å². The van der Waals surface area contributed by atoms with Gasteiger partial charge >= 0.3 is 0 Å². The lowest BCUT2D eigenvalue weighted by molar-refractivity contribution is 0.884. The van der Waals surface area contributed by atoms with Gasteiger partial charge in [0.05, 0.1) is 0 Å². The number of aryl methyl sites for hydroxylation is 1. The molecule has 1 rings (SSSR count). The molecule has 0 heterocycles. The van der Waals surface area contributed by atoms with Crippen LogP contribution in [0.1, 0.15) is 18.1 Å². The van der Waals surface area contributed by atoms with Crippen molar-refractivity contribution in [2.24, 2.45) is 0 Å². The quantitative estimate of drug-likeness (QED) is 0.744. The molecule has 0 fully saturated rings. The summed E-state index contributed by atoms with van der Waals surface area (Å²) in [6.07, 6.45) is 2.20. The second-order valence-electron chi connectivity index (χ2n) is 3.43. The van der Waals surface area contributed by atoms with Gasteiger partial charge < -0.3 is 5.32 Å². The minimum Gasteiger partial charge on any atom is -0.316 e. The Morgan fingerprint density at radius 1 is 1.31 bits per heavy atom. The molecule has 1 N–H and O–H groups in total. The predicted molar refractivity (Wildman–Crippen MR) is 58.8 cm³/mol. The van der Waals surface area contributed by atoms with Crippen molar-refractivity contribution in [2.45, 2.75) is 13.8 Å². The minimum atomic E-state index is 0.952. The molecule has 0 spiro atoms. The van der Waals surface area contributed by atoms with Gasteiger partial charge in [0.25, 0.3) is 0 Å². The van der Waals surface area contributed by atoms with E-state index >= 15 is 0 Å². The first-order valence-electron chi connectivity index (χ1n) is 4.61. The third-order valence-corrected chi connectivity index (χ3v) is 1.95. The molecule has 0 radical (unpaired) electrons. The molecular weight excluding hydrogens is 158 g/mol. The maximum atomic E-state index is 3.13. The van der Waals surface area contributed by atoms with Crippen LogP contribution in [-0.4, -0.2) is 13.6 Å². The highest BCUT2D eigenvalue weighted by Crippen LogP contribution is 2.07. The van der Waals surface area contributed by atoms with Gasteiger partial charge in [-0.3, -0.25) is 0 Å². The molecule has 0 saturated heterocycles. The first kappa shape index (κ1) is 10.0. The monoisotopic (exact) mass is 175 g/mol. The lowest BCUT2D eigenvalue weighted by Crippen LogP contribution is -2.08. The van der Waals surface area contributed by atoms with E-state index in [-0.39, 0.29) is 0 Å². The highest BCUT2D eigenvalue weighted by atomic mass is 14.8. The lowest BCUT2D eigenvalue weighted by atomic mass is 10.1. The molecule has 1 aromatic carbocycles. The van der Waals surface area contributed by atoms with Crippen molar-refractivity contribution in [3.63, 3.8) is 0 Å². The molecule has 0 aliphatic rings. The van der Waals surface area contributed by atoms with Gasteiger partial charge in [0.15, 0.2) is 0 Å². The zero-order valence-corrected chi connectivity index (χ0v) is 8.59. The Morgan fingerprint density at radius 2 is 1.92 bits per heavy atom. The number of likely N-dealkylation sites (N-methyl/N-ethyl adjacent to an activating group) is 1. The SMILES string of the molecule is CNCC(C)=Cc1ccc(C)cc1.